The fraction of sp³-hybridized carbons (Fsp3) is 0.464. The van der Waals surface area contributed by atoms with Gasteiger partial charge in [-0.05, 0) is 73.1 Å². The lowest BCUT2D eigenvalue weighted by Crippen LogP contribution is -2.56. The molecule has 4 rings (SSSR count). The first-order valence-electron chi connectivity index (χ1n) is 12.0. The number of methoxy groups -OCH3 is 1. The summed E-state index contributed by atoms with van der Waals surface area (Å²) in [6.07, 6.45) is 4.16. The van der Waals surface area contributed by atoms with Crippen molar-refractivity contribution in [2.75, 3.05) is 20.2 Å². The van der Waals surface area contributed by atoms with Gasteiger partial charge in [0.15, 0.2) is 0 Å². The van der Waals surface area contributed by atoms with Crippen LogP contribution in [0.4, 0.5) is 0 Å². The van der Waals surface area contributed by atoms with E-state index in [-0.39, 0.29) is 9.97 Å². The number of carboxylic acid groups (broad SMARTS) is 1. The van der Waals surface area contributed by atoms with Crippen LogP contribution in [0.1, 0.15) is 54.5 Å². The summed E-state index contributed by atoms with van der Waals surface area (Å²) in [5, 5.41) is 9.28. The summed E-state index contributed by atoms with van der Waals surface area (Å²) in [7, 11) is 1.72. The molecule has 0 amide bonds. The molecule has 34 heavy (non-hydrogen) atoms. The maximum atomic E-state index is 11.3. The molecule has 182 valence electrons. The summed E-state index contributed by atoms with van der Waals surface area (Å²) in [5.41, 5.74) is 8.96. The van der Waals surface area contributed by atoms with E-state index in [0.29, 0.717) is 13.2 Å². The van der Waals surface area contributed by atoms with Gasteiger partial charge in [-0.1, -0.05) is 59.7 Å². The normalized spacial score (nSPS) is 20.0. The van der Waals surface area contributed by atoms with Crippen molar-refractivity contribution in [2.45, 2.75) is 57.1 Å². The Bertz CT molecular complexity index is 1110. The number of ether oxygens (including phenoxy) is 2. The number of likely N-dealkylation sites (tertiary alicyclic amines) is 1. The van der Waals surface area contributed by atoms with Crippen LogP contribution in [0.15, 0.2) is 35.9 Å². The third-order valence-electron chi connectivity index (χ3n) is 7.26. The van der Waals surface area contributed by atoms with Gasteiger partial charge in [-0.3, -0.25) is 9.69 Å². The molecule has 2 atom stereocenters. The molecule has 1 heterocycles. The molecule has 0 radical (unpaired) electrons. The van der Waals surface area contributed by atoms with E-state index in [0.717, 1.165) is 49.3 Å². The summed E-state index contributed by atoms with van der Waals surface area (Å²) in [6, 6.07) is 10.7. The van der Waals surface area contributed by atoms with Gasteiger partial charge in [0.1, 0.15) is 18.1 Å². The molecule has 1 aliphatic heterocycles. The number of carboxylic acids is 1. The first-order chi connectivity index (χ1) is 16.3. The first-order valence-corrected chi connectivity index (χ1v) is 13.3. The largest absolute Gasteiger partial charge is 0.496 e. The zero-order valence-electron chi connectivity index (χ0n) is 20.5. The van der Waals surface area contributed by atoms with Crippen molar-refractivity contribution in [1.29, 1.82) is 0 Å². The van der Waals surface area contributed by atoms with Crippen LogP contribution >= 0.6 is 22.6 Å². The molecule has 0 saturated carbocycles. The van der Waals surface area contributed by atoms with Gasteiger partial charge in [-0.25, -0.2) is 0 Å². The van der Waals surface area contributed by atoms with E-state index in [9.17, 15) is 9.90 Å². The highest BCUT2D eigenvalue weighted by molar-refractivity contribution is 14.1. The van der Waals surface area contributed by atoms with Crippen LogP contribution in [-0.4, -0.2) is 40.2 Å². The SMILES string of the molecule is CCCc1ccc(COc2ccc3c(c2C)CCC(CN2CC(C(=O)O)C2I)=C3C)c(OC)c1. The van der Waals surface area contributed by atoms with Crippen molar-refractivity contribution < 1.29 is 19.4 Å². The summed E-state index contributed by atoms with van der Waals surface area (Å²) < 4.78 is 12.0. The molecule has 1 saturated heterocycles. The molecule has 2 aliphatic rings. The second-order valence-corrected chi connectivity index (χ2v) is 10.7. The summed E-state index contributed by atoms with van der Waals surface area (Å²) in [6.45, 7) is 8.51. The maximum Gasteiger partial charge on any atom is 0.310 e. The van der Waals surface area contributed by atoms with Crippen LogP contribution in [0.3, 0.4) is 0 Å². The second-order valence-electron chi connectivity index (χ2n) is 9.38. The van der Waals surface area contributed by atoms with E-state index >= 15 is 0 Å². The molecule has 0 aromatic heterocycles. The van der Waals surface area contributed by atoms with E-state index in [4.69, 9.17) is 9.47 Å². The van der Waals surface area contributed by atoms with Crippen molar-refractivity contribution in [1.82, 2.24) is 4.90 Å². The molecule has 1 N–H and O–H groups in total. The lowest BCUT2D eigenvalue weighted by atomic mass is 9.83. The van der Waals surface area contributed by atoms with Gasteiger partial charge in [-0.2, -0.15) is 0 Å². The molecule has 2 aromatic carbocycles. The van der Waals surface area contributed by atoms with Gasteiger partial charge in [0.25, 0.3) is 0 Å². The second kappa shape index (κ2) is 10.7. The molecule has 5 nitrogen and oxygen atoms in total. The van der Waals surface area contributed by atoms with E-state index in [1.54, 1.807) is 7.11 Å². The number of aryl methyl sites for hydroxylation is 1. The van der Waals surface area contributed by atoms with Gasteiger partial charge in [0, 0.05) is 18.7 Å². The number of fused-ring (bicyclic) bond motifs is 1. The van der Waals surface area contributed by atoms with Crippen LogP contribution in [0.25, 0.3) is 5.57 Å². The zero-order chi connectivity index (χ0) is 24.4. The lowest BCUT2D eigenvalue weighted by molar-refractivity contribution is -0.148. The number of carbonyl (C=O) groups is 1. The number of hydrogen-bond acceptors (Lipinski definition) is 4. The van der Waals surface area contributed by atoms with E-state index in [2.05, 4.69) is 78.6 Å². The number of nitrogens with zero attached hydrogens (tertiary/aromatic N) is 1. The van der Waals surface area contributed by atoms with Crippen LogP contribution in [-0.2, 0) is 24.2 Å². The molecule has 1 aliphatic carbocycles. The molecule has 0 spiro atoms. The van der Waals surface area contributed by atoms with Crippen LogP contribution < -0.4 is 9.47 Å². The average Bonchev–Trinajstić information content (AvgIpc) is 2.82. The Morgan fingerprint density at radius 1 is 1.18 bits per heavy atom. The smallest absolute Gasteiger partial charge is 0.310 e. The summed E-state index contributed by atoms with van der Waals surface area (Å²) >= 11 is 2.27. The minimum absolute atomic E-state index is 0.0716. The highest BCUT2D eigenvalue weighted by Crippen LogP contribution is 2.39. The highest BCUT2D eigenvalue weighted by Gasteiger charge is 2.42. The average molecular weight is 575 g/mol. The van der Waals surface area contributed by atoms with Crippen molar-refractivity contribution in [3.05, 3.63) is 63.7 Å². The predicted molar refractivity (Wildman–Crippen MR) is 144 cm³/mol. The number of aliphatic carboxylic acids is 1. The minimum atomic E-state index is -0.687. The fourth-order valence-electron chi connectivity index (χ4n) is 5.07. The lowest BCUT2D eigenvalue weighted by Gasteiger charge is -2.43. The van der Waals surface area contributed by atoms with Gasteiger partial charge in [-0.15, -0.1) is 0 Å². The third kappa shape index (κ3) is 4.98. The Morgan fingerprint density at radius 3 is 2.65 bits per heavy atom. The Labute approximate surface area is 216 Å². The van der Waals surface area contributed by atoms with Crippen molar-refractivity contribution in [2.24, 2.45) is 5.92 Å². The molecule has 1 fully saturated rings. The van der Waals surface area contributed by atoms with E-state index < -0.39 is 5.97 Å². The standard InChI is InChI=1S/C28H34INO4/c1-5-6-19-7-8-21(26(13-19)33-4)16-34-25-12-11-22-17(2)20(9-10-23(22)18(25)3)14-30-15-24(27(30)29)28(31)32/h7-8,11-13,24,27H,5-6,9-10,14-16H2,1-4H3,(H,31,32). The molecule has 2 aromatic rings. The number of alkyl halides is 1. The predicted octanol–water partition coefficient (Wildman–Crippen LogP) is 6.03. The molecule has 0 bridgehead atoms. The van der Waals surface area contributed by atoms with Crippen molar-refractivity contribution in [3.8, 4) is 11.5 Å². The first kappa shape index (κ1) is 25.0. The number of rotatable bonds is 9. The van der Waals surface area contributed by atoms with Gasteiger partial charge in [0.05, 0.1) is 17.1 Å². The number of benzene rings is 2. The molecule has 2 unspecified atom stereocenters. The third-order valence-corrected chi connectivity index (χ3v) is 8.91. The Balaban J connectivity index is 1.47. The summed E-state index contributed by atoms with van der Waals surface area (Å²) in [4.78, 5) is 13.6. The summed E-state index contributed by atoms with van der Waals surface area (Å²) in [5.74, 6) is 0.873. The maximum absolute atomic E-state index is 11.3. The van der Waals surface area contributed by atoms with E-state index in [1.165, 1.54) is 33.4 Å². The Hall–Kier alpha value is -2.06. The molecule has 6 heteroatoms. The van der Waals surface area contributed by atoms with Crippen molar-refractivity contribution in [3.63, 3.8) is 0 Å². The fourth-order valence-corrected chi connectivity index (χ4v) is 6.03. The monoisotopic (exact) mass is 575 g/mol. The number of hydrogen-bond donors (Lipinski definition) is 1. The minimum Gasteiger partial charge on any atom is -0.496 e. The van der Waals surface area contributed by atoms with Crippen LogP contribution in [0.2, 0.25) is 0 Å². The topological polar surface area (TPSA) is 59.0 Å². The van der Waals surface area contributed by atoms with Crippen LogP contribution in [0.5, 0.6) is 11.5 Å². The Morgan fingerprint density at radius 2 is 1.97 bits per heavy atom. The quantitative estimate of drug-likeness (QED) is 0.225. The van der Waals surface area contributed by atoms with Crippen LogP contribution in [0, 0.1) is 12.8 Å². The zero-order valence-corrected chi connectivity index (χ0v) is 22.6. The number of allylic oxidation sites excluding steroid dienone is 1. The van der Waals surface area contributed by atoms with Gasteiger partial charge >= 0.3 is 5.97 Å². The molecular formula is C28H34INO4. The highest BCUT2D eigenvalue weighted by atomic mass is 127. The Kier molecular flexibility index (Phi) is 7.87. The van der Waals surface area contributed by atoms with Gasteiger partial charge < -0.3 is 14.6 Å². The van der Waals surface area contributed by atoms with Gasteiger partial charge in [0.2, 0.25) is 0 Å². The number of halogens is 1. The van der Waals surface area contributed by atoms with E-state index in [1.807, 2.05) is 0 Å². The molecular weight excluding hydrogens is 541 g/mol. The van der Waals surface area contributed by atoms with Crippen molar-refractivity contribution >= 4 is 34.1 Å².